The Morgan fingerprint density at radius 1 is 1.24 bits per heavy atom. The van der Waals surface area contributed by atoms with Crippen LogP contribution in [0, 0.1) is 18.3 Å². The highest BCUT2D eigenvalue weighted by atomic mass is 16.5. The topological polar surface area (TPSA) is 88.8 Å². The molecular formula is C25H27N5O3. The molecule has 1 saturated carbocycles. The zero-order chi connectivity index (χ0) is 22.6. The summed E-state index contributed by atoms with van der Waals surface area (Å²) >= 11 is 0. The van der Waals surface area contributed by atoms with E-state index in [2.05, 4.69) is 15.3 Å². The minimum absolute atomic E-state index is 0.0519. The van der Waals surface area contributed by atoms with Crippen LogP contribution in [0.25, 0.3) is 5.65 Å². The van der Waals surface area contributed by atoms with Gasteiger partial charge in [-0.25, -0.2) is 4.98 Å². The number of fused-ring (bicyclic) bond motifs is 2. The van der Waals surface area contributed by atoms with E-state index >= 15 is 0 Å². The number of likely N-dealkylation sites (tertiary alicyclic amines) is 1. The van der Waals surface area contributed by atoms with Gasteiger partial charge in [0.05, 0.1) is 11.9 Å². The zero-order valence-electron chi connectivity index (χ0n) is 18.7. The van der Waals surface area contributed by atoms with Crippen molar-refractivity contribution < 1.29 is 14.3 Å². The van der Waals surface area contributed by atoms with Crippen molar-refractivity contribution in [2.45, 2.75) is 38.7 Å². The van der Waals surface area contributed by atoms with Gasteiger partial charge in [0.2, 0.25) is 0 Å². The van der Waals surface area contributed by atoms with E-state index in [1.54, 1.807) is 12.4 Å². The number of rotatable bonds is 4. The van der Waals surface area contributed by atoms with E-state index in [0.717, 1.165) is 49.3 Å². The van der Waals surface area contributed by atoms with Crippen LogP contribution in [0.3, 0.4) is 0 Å². The molecule has 0 bridgehead atoms. The van der Waals surface area contributed by atoms with Gasteiger partial charge in [-0.05, 0) is 55.7 Å². The normalized spacial score (nSPS) is 22.8. The van der Waals surface area contributed by atoms with Crippen LogP contribution in [0.5, 0.6) is 5.75 Å². The molecule has 1 aliphatic carbocycles. The van der Waals surface area contributed by atoms with Crippen molar-refractivity contribution in [1.29, 1.82) is 0 Å². The van der Waals surface area contributed by atoms with E-state index in [4.69, 9.17) is 4.74 Å². The van der Waals surface area contributed by atoms with Crippen LogP contribution in [0.4, 0.5) is 0 Å². The van der Waals surface area contributed by atoms with Crippen molar-refractivity contribution in [2.75, 3.05) is 19.6 Å². The lowest BCUT2D eigenvalue weighted by atomic mass is 9.90. The third-order valence-electron chi connectivity index (χ3n) is 7.67. The van der Waals surface area contributed by atoms with Gasteiger partial charge in [0.15, 0.2) is 6.10 Å². The molecule has 2 aliphatic heterocycles. The lowest BCUT2D eigenvalue weighted by Crippen LogP contribution is -2.42. The number of aromatic nitrogens is 3. The number of nitrogens with one attached hydrogen (secondary N) is 1. The Balaban J connectivity index is 1.03. The quantitative estimate of drug-likeness (QED) is 0.666. The summed E-state index contributed by atoms with van der Waals surface area (Å²) in [5, 5.41) is 3.10. The van der Waals surface area contributed by atoms with Gasteiger partial charge < -0.3 is 15.0 Å². The van der Waals surface area contributed by atoms with E-state index in [1.807, 2.05) is 46.7 Å². The van der Waals surface area contributed by atoms with Crippen LogP contribution in [0.1, 0.15) is 41.0 Å². The smallest absolute Gasteiger partial charge is 0.272 e. The first-order valence-electron chi connectivity index (χ1n) is 11.6. The summed E-state index contributed by atoms with van der Waals surface area (Å²) in [6.45, 7) is 4.07. The number of amides is 2. The van der Waals surface area contributed by atoms with Crippen molar-refractivity contribution in [3.8, 4) is 5.75 Å². The second-order valence-corrected chi connectivity index (χ2v) is 9.57. The predicted octanol–water partition coefficient (Wildman–Crippen LogP) is 2.40. The molecule has 1 saturated heterocycles. The largest absolute Gasteiger partial charge is 0.478 e. The summed E-state index contributed by atoms with van der Waals surface area (Å²) in [6, 6.07) is 7.68. The molecule has 8 nitrogen and oxygen atoms in total. The van der Waals surface area contributed by atoms with E-state index in [1.165, 1.54) is 0 Å². The Kier molecular flexibility index (Phi) is 4.64. The fraction of sp³-hybridized carbons (Fsp3) is 0.440. The van der Waals surface area contributed by atoms with Crippen molar-refractivity contribution >= 4 is 17.5 Å². The molecule has 3 aromatic heterocycles. The van der Waals surface area contributed by atoms with Gasteiger partial charge in [-0.3, -0.25) is 19.0 Å². The maximum absolute atomic E-state index is 13.3. The fourth-order valence-electron chi connectivity index (χ4n) is 5.57. The Labute approximate surface area is 192 Å². The zero-order valence-corrected chi connectivity index (χ0v) is 18.7. The van der Waals surface area contributed by atoms with Gasteiger partial charge in [0.25, 0.3) is 11.8 Å². The lowest BCUT2D eigenvalue weighted by molar-refractivity contribution is -0.127. The van der Waals surface area contributed by atoms with Crippen molar-refractivity contribution in [1.82, 2.24) is 24.6 Å². The maximum Gasteiger partial charge on any atom is 0.272 e. The number of hydrogen-bond donors (Lipinski definition) is 1. The van der Waals surface area contributed by atoms with Crippen LogP contribution in [-0.4, -0.2) is 56.8 Å². The maximum atomic E-state index is 13.3. The monoisotopic (exact) mass is 445 g/mol. The Morgan fingerprint density at radius 2 is 2.09 bits per heavy atom. The Morgan fingerprint density at radius 3 is 2.91 bits per heavy atom. The molecule has 2 unspecified atom stereocenters. The van der Waals surface area contributed by atoms with Crippen LogP contribution in [0.2, 0.25) is 0 Å². The number of aryl methyl sites for hydroxylation is 1. The highest BCUT2D eigenvalue weighted by molar-refractivity contribution is 5.94. The molecule has 0 radical (unpaired) electrons. The second-order valence-electron chi connectivity index (χ2n) is 9.57. The highest BCUT2D eigenvalue weighted by Crippen LogP contribution is 2.59. The third kappa shape index (κ3) is 3.44. The van der Waals surface area contributed by atoms with Crippen molar-refractivity contribution in [3.05, 3.63) is 59.8 Å². The summed E-state index contributed by atoms with van der Waals surface area (Å²) in [4.78, 5) is 36.4. The molecular weight excluding hydrogens is 418 g/mol. The first kappa shape index (κ1) is 20.2. The molecule has 1 N–H and O–H groups in total. The number of piperidine rings is 1. The Bertz CT molecular complexity index is 1220. The summed E-state index contributed by atoms with van der Waals surface area (Å²) in [6.07, 6.45) is 8.49. The number of carbonyl (C=O) groups is 2. The summed E-state index contributed by atoms with van der Waals surface area (Å²) in [7, 11) is 0. The average Bonchev–Trinajstić information content (AvgIpc) is 3.17. The number of carbonyl (C=O) groups excluding carboxylic acids is 2. The number of nitrogens with zero attached hydrogens (tertiary/aromatic N) is 4. The molecule has 2 atom stereocenters. The standard InChI is InChI=1S/C25H27N5O3/c1-16-22(30-9-3-2-4-21(30)28-16)24(32)29-10-6-25(7-11-29)13-18(25)14-27-23(31)19-12-17-5-8-26-15-20(17)33-19/h2-5,8-9,15,18-19H,6-7,10-14H2,1H3,(H,27,31). The van der Waals surface area contributed by atoms with Gasteiger partial charge in [-0.2, -0.15) is 0 Å². The Hall–Kier alpha value is -3.42. The van der Waals surface area contributed by atoms with Gasteiger partial charge in [-0.15, -0.1) is 0 Å². The van der Waals surface area contributed by atoms with E-state index < -0.39 is 6.10 Å². The number of pyridine rings is 2. The highest BCUT2D eigenvalue weighted by Gasteiger charge is 2.55. The molecule has 2 amide bonds. The molecule has 8 heteroatoms. The number of hydrogen-bond acceptors (Lipinski definition) is 5. The predicted molar refractivity (Wildman–Crippen MR) is 121 cm³/mol. The van der Waals surface area contributed by atoms with Crippen LogP contribution >= 0.6 is 0 Å². The van der Waals surface area contributed by atoms with Crippen molar-refractivity contribution in [2.24, 2.45) is 11.3 Å². The van der Waals surface area contributed by atoms with Crippen molar-refractivity contribution in [3.63, 3.8) is 0 Å². The minimum Gasteiger partial charge on any atom is -0.478 e. The van der Waals surface area contributed by atoms with Gasteiger partial charge >= 0.3 is 0 Å². The van der Waals surface area contributed by atoms with Gasteiger partial charge in [0, 0.05) is 44.0 Å². The SMILES string of the molecule is Cc1nc2ccccn2c1C(=O)N1CCC2(CC1)CC2CNC(=O)C1Cc2ccncc2O1. The van der Waals surface area contributed by atoms with Crippen LogP contribution < -0.4 is 10.1 Å². The molecule has 6 rings (SSSR count). The fourth-order valence-corrected chi connectivity index (χ4v) is 5.57. The first-order valence-corrected chi connectivity index (χ1v) is 11.6. The first-order chi connectivity index (χ1) is 16.0. The van der Waals surface area contributed by atoms with Gasteiger partial charge in [0.1, 0.15) is 17.1 Å². The molecule has 1 spiro atoms. The number of imidazole rings is 1. The van der Waals surface area contributed by atoms with Crippen LogP contribution in [-0.2, 0) is 11.2 Å². The third-order valence-corrected chi connectivity index (χ3v) is 7.67. The molecule has 170 valence electrons. The molecule has 3 aliphatic rings. The molecule has 2 fully saturated rings. The molecule has 33 heavy (non-hydrogen) atoms. The molecule has 5 heterocycles. The summed E-state index contributed by atoms with van der Waals surface area (Å²) in [5.74, 6) is 1.18. The second kappa shape index (κ2) is 7.57. The molecule has 0 aromatic carbocycles. The summed E-state index contributed by atoms with van der Waals surface area (Å²) < 4.78 is 7.63. The molecule has 3 aromatic rings. The van der Waals surface area contributed by atoms with E-state index in [-0.39, 0.29) is 17.2 Å². The van der Waals surface area contributed by atoms with E-state index in [0.29, 0.717) is 30.3 Å². The van der Waals surface area contributed by atoms with Crippen LogP contribution in [0.15, 0.2) is 42.9 Å². The summed E-state index contributed by atoms with van der Waals surface area (Å²) in [5.41, 5.74) is 3.52. The minimum atomic E-state index is -0.466. The van der Waals surface area contributed by atoms with Gasteiger partial charge in [-0.1, -0.05) is 6.07 Å². The lowest BCUT2D eigenvalue weighted by Gasteiger charge is -2.33. The van der Waals surface area contributed by atoms with E-state index in [9.17, 15) is 9.59 Å². The number of ether oxygens (including phenoxy) is 1. The average molecular weight is 446 g/mol.